The molecule has 0 fully saturated rings. The van der Waals surface area contributed by atoms with Gasteiger partial charge in [-0.2, -0.15) is 0 Å². The SMILES string of the molecule is COc1cc2c(cc1OC)[C@@H](c1ccccc1Cl)N(C(=O)C(C)C)CC2. The number of ether oxygens (including phenoxy) is 2. The van der Waals surface area contributed by atoms with Crippen LogP contribution in [0.25, 0.3) is 0 Å². The number of amides is 1. The van der Waals surface area contributed by atoms with Crippen LogP contribution < -0.4 is 9.47 Å². The average molecular weight is 374 g/mol. The highest BCUT2D eigenvalue weighted by atomic mass is 35.5. The molecule has 4 nitrogen and oxygen atoms in total. The summed E-state index contributed by atoms with van der Waals surface area (Å²) in [6.45, 7) is 4.50. The smallest absolute Gasteiger partial charge is 0.225 e. The van der Waals surface area contributed by atoms with Crippen molar-refractivity contribution in [2.45, 2.75) is 26.3 Å². The Morgan fingerprint density at radius 3 is 2.38 bits per heavy atom. The van der Waals surface area contributed by atoms with Crippen LogP contribution in [0, 0.1) is 5.92 Å². The fourth-order valence-electron chi connectivity index (χ4n) is 3.55. The van der Waals surface area contributed by atoms with Gasteiger partial charge in [0.1, 0.15) is 0 Å². The van der Waals surface area contributed by atoms with Crippen LogP contribution in [0.2, 0.25) is 5.02 Å². The van der Waals surface area contributed by atoms with Gasteiger partial charge in [0.2, 0.25) is 5.91 Å². The normalized spacial score (nSPS) is 16.4. The van der Waals surface area contributed by atoms with E-state index < -0.39 is 0 Å². The second-order valence-electron chi connectivity index (χ2n) is 6.77. The average Bonchev–Trinajstić information content (AvgIpc) is 2.65. The summed E-state index contributed by atoms with van der Waals surface area (Å²) < 4.78 is 10.9. The number of hydrogen-bond donors (Lipinski definition) is 0. The van der Waals surface area contributed by atoms with Gasteiger partial charge in [0.25, 0.3) is 0 Å². The lowest BCUT2D eigenvalue weighted by Gasteiger charge is -2.39. The Labute approximate surface area is 159 Å². The number of rotatable bonds is 4. The van der Waals surface area contributed by atoms with Gasteiger partial charge in [0, 0.05) is 17.5 Å². The highest BCUT2D eigenvalue weighted by Crippen LogP contribution is 2.43. The van der Waals surface area contributed by atoms with Crippen molar-refractivity contribution in [3.63, 3.8) is 0 Å². The molecule has 1 aliphatic heterocycles. The lowest BCUT2D eigenvalue weighted by molar-refractivity contribution is -0.136. The van der Waals surface area contributed by atoms with Crippen LogP contribution in [0.3, 0.4) is 0 Å². The van der Waals surface area contributed by atoms with E-state index in [0.29, 0.717) is 23.1 Å². The molecular weight excluding hydrogens is 350 g/mol. The van der Waals surface area contributed by atoms with Crippen LogP contribution in [0.15, 0.2) is 36.4 Å². The first-order chi connectivity index (χ1) is 12.5. The molecule has 2 aromatic carbocycles. The molecule has 2 aromatic rings. The van der Waals surface area contributed by atoms with Crippen LogP contribution in [-0.4, -0.2) is 31.6 Å². The Hall–Kier alpha value is -2.20. The predicted molar refractivity (Wildman–Crippen MR) is 103 cm³/mol. The van der Waals surface area contributed by atoms with E-state index in [1.807, 2.05) is 55.1 Å². The minimum Gasteiger partial charge on any atom is -0.493 e. The summed E-state index contributed by atoms with van der Waals surface area (Å²) in [5, 5.41) is 0.654. The van der Waals surface area contributed by atoms with Gasteiger partial charge >= 0.3 is 0 Å². The molecule has 138 valence electrons. The molecule has 0 saturated heterocycles. The Kier molecular flexibility index (Phi) is 5.42. The van der Waals surface area contributed by atoms with Crippen molar-refractivity contribution in [2.24, 2.45) is 5.92 Å². The Bertz CT molecular complexity index is 819. The first kappa shape index (κ1) is 18.6. The molecule has 0 radical (unpaired) electrons. The zero-order chi connectivity index (χ0) is 18.8. The van der Waals surface area contributed by atoms with Crippen molar-refractivity contribution in [1.82, 2.24) is 4.90 Å². The van der Waals surface area contributed by atoms with Gasteiger partial charge in [0.15, 0.2) is 11.5 Å². The first-order valence-corrected chi connectivity index (χ1v) is 9.15. The molecule has 1 atom stereocenters. The van der Waals surface area contributed by atoms with E-state index in [-0.39, 0.29) is 17.9 Å². The summed E-state index contributed by atoms with van der Waals surface area (Å²) in [5.74, 6) is 1.40. The topological polar surface area (TPSA) is 38.8 Å². The maximum absolute atomic E-state index is 12.9. The molecule has 1 amide bonds. The molecule has 0 spiro atoms. The molecule has 0 unspecified atom stereocenters. The fourth-order valence-corrected chi connectivity index (χ4v) is 3.79. The van der Waals surface area contributed by atoms with Crippen LogP contribution in [0.5, 0.6) is 11.5 Å². The summed E-state index contributed by atoms with van der Waals surface area (Å²) >= 11 is 6.51. The quantitative estimate of drug-likeness (QED) is 0.792. The number of benzene rings is 2. The largest absolute Gasteiger partial charge is 0.493 e. The number of carbonyl (C=O) groups excluding carboxylic acids is 1. The fraction of sp³-hybridized carbons (Fsp3) is 0.381. The second kappa shape index (κ2) is 7.58. The Balaban J connectivity index is 2.20. The summed E-state index contributed by atoms with van der Waals surface area (Å²) in [6.07, 6.45) is 0.773. The Morgan fingerprint density at radius 2 is 1.77 bits per heavy atom. The summed E-state index contributed by atoms with van der Waals surface area (Å²) in [5.41, 5.74) is 3.12. The van der Waals surface area contributed by atoms with E-state index in [1.54, 1.807) is 14.2 Å². The van der Waals surface area contributed by atoms with E-state index >= 15 is 0 Å². The van der Waals surface area contributed by atoms with E-state index in [4.69, 9.17) is 21.1 Å². The highest BCUT2D eigenvalue weighted by molar-refractivity contribution is 6.31. The second-order valence-corrected chi connectivity index (χ2v) is 7.17. The van der Waals surface area contributed by atoms with Crippen molar-refractivity contribution in [3.05, 3.63) is 58.1 Å². The maximum Gasteiger partial charge on any atom is 0.225 e. The van der Waals surface area contributed by atoms with Gasteiger partial charge in [-0.3, -0.25) is 4.79 Å². The highest BCUT2D eigenvalue weighted by Gasteiger charge is 2.35. The molecule has 5 heteroatoms. The minimum absolute atomic E-state index is 0.0818. The third-order valence-electron chi connectivity index (χ3n) is 4.85. The molecule has 1 heterocycles. The predicted octanol–water partition coefficient (Wildman–Crippen LogP) is 4.49. The number of fused-ring (bicyclic) bond motifs is 1. The van der Waals surface area contributed by atoms with E-state index in [9.17, 15) is 4.79 Å². The molecule has 0 N–H and O–H groups in total. The zero-order valence-corrected chi connectivity index (χ0v) is 16.3. The van der Waals surface area contributed by atoms with Gasteiger partial charge in [-0.25, -0.2) is 0 Å². The first-order valence-electron chi connectivity index (χ1n) is 8.77. The number of nitrogens with zero attached hydrogens (tertiary/aromatic N) is 1. The minimum atomic E-state index is -0.234. The molecule has 0 aromatic heterocycles. The number of halogens is 1. The monoisotopic (exact) mass is 373 g/mol. The summed E-state index contributed by atoms with van der Waals surface area (Å²) in [4.78, 5) is 14.8. The number of methoxy groups -OCH3 is 2. The molecular formula is C21H24ClNO3. The van der Waals surface area contributed by atoms with Crippen molar-refractivity contribution in [2.75, 3.05) is 20.8 Å². The van der Waals surface area contributed by atoms with Gasteiger partial charge in [0.05, 0.1) is 20.3 Å². The third-order valence-corrected chi connectivity index (χ3v) is 5.19. The van der Waals surface area contributed by atoms with Gasteiger partial charge in [-0.1, -0.05) is 43.6 Å². The van der Waals surface area contributed by atoms with Crippen LogP contribution in [0.4, 0.5) is 0 Å². The molecule has 0 saturated carbocycles. The number of hydrogen-bond acceptors (Lipinski definition) is 3. The zero-order valence-electron chi connectivity index (χ0n) is 15.6. The standard InChI is InChI=1S/C21H24ClNO3/c1-13(2)21(24)23-10-9-14-11-18(25-3)19(26-4)12-16(14)20(23)15-7-5-6-8-17(15)22/h5-8,11-13,20H,9-10H2,1-4H3/t20-/m1/s1. The van der Waals surface area contributed by atoms with Gasteiger partial charge in [-0.05, 0) is 41.3 Å². The number of carbonyl (C=O) groups is 1. The van der Waals surface area contributed by atoms with Gasteiger partial charge < -0.3 is 14.4 Å². The van der Waals surface area contributed by atoms with E-state index in [2.05, 4.69) is 0 Å². The van der Waals surface area contributed by atoms with E-state index in [1.165, 1.54) is 0 Å². The van der Waals surface area contributed by atoms with Gasteiger partial charge in [-0.15, -0.1) is 0 Å². The molecule has 0 bridgehead atoms. The molecule has 26 heavy (non-hydrogen) atoms. The third kappa shape index (κ3) is 3.26. The molecule has 3 rings (SSSR count). The molecule has 0 aliphatic carbocycles. The van der Waals surface area contributed by atoms with Crippen LogP contribution >= 0.6 is 11.6 Å². The molecule has 1 aliphatic rings. The van der Waals surface area contributed by atoms with Crippen molar-refractivity contribution >= 4 is 17.5 Å². The van der Waals surface area contributed by atoms with E-state index in [0.717, 1.165) is 23.1 Å². The van der Waals surface area contributed by atoms with Crippen molar-refractivity contribution < 1.29 is 14.3 Å². The van der Waals surface area contributed by atoms with Crippen molar-refractivity contribution in [3.8, 4) is 11.5 Å². The summed E-state index contributed by atoms with van der Waals surface area (Å²) in [6, 6.07) is 11.5. The van der Waals surface area contributed by atoms with Crippen LogP contribution in [-0.2, 0) is 11.2 Å². The van der Waals surface area contributed by atoms with Crippen molar-refractivity contribution in [1.29, 1.82) is 0 Å². The van der Waals surface area contributed by atoms with Crippen LogP contribution in [0.1, 0.15) is 36.6 Å². The summed E-state index contributed by atoms with van der Waals surface area (Å²) in [7, 11) is 3.25. The lowest BCUT2D eigenvalue weighted by atomic mass is 9.87. The maximum atomic E-state index is 12.9. The lowest BCUT2D eigenvalue weighted by Crippen LogP contribution is -2.42. The Morgan fingerprint density at radius 1 is 1.12 bits per heavy atom.